The van der Waals surface area contributed by atoms with Crippen LogP contribution in [-0.2, 0) is 4.79 Å². The molecule has 2 aromatic rings. The smallest absolute Gasteiger partial charge is 0.277 e. The number of halogens is 2. The minimum atomic E-state index is -0.414. The molecular formula is C16H14BrClN2O3. The molecule has 2 N–H and O–H groups in total. The number of carbonyl (C=O) groups is 1. The van der Waals surface area contributed by atoms with Gasteiger partial charge in [0.2, 0.25) is 0 Å². The molecular weight excluding hydrogens is 384 g/mol. The minimum Gasteiger partial charge on any atom is -0.506 e. The van der Waals surface area contributed by atoms with Crippen LogP contribution in [0.2, 0.25) is 5.02 Å². The average molecular weight is 398 g/mol. The van der Waals surface area contributed by atoms with Gasteiger partial charge < -0.3 is 9.84 Å². The van der Waals surface area contributed by atoms with Gasteiger partial charge in [-0.15, -0.1) is 0 Å². The maximum Gasteiger partial charge on any atom is 0.277 e. The van der Waals surface area contributed by atoms with E-state index in [-0.39, 0.29) is 17.4 Å². The molecule has 2 rings (SSSR count). The number of nitrogens with one attached hydrogen (secondary N) is 1. The summed E-state index contributed by atoms with van der Waals surface area (Å²) in [6.07, 6.45) is 1.30. The Bertz CT molecular complexity index is 750. The maximum absolute atomic E-state index is 11.7. The van der Waals surface area contributed by atoms with Gasteiger partial charge in [-0.1, -0.05) is 39.7 Å². The number of carbonyl (C=O) groups excluding carboxylic acids is 1. The second kappa shape index (κ2) is 7.99. The van der Waals surface area contributed by atoms with Crippen molar-refractivity contribution in [2.24, 2.45) is 5.10 Å². The predicted octanol–water partition coefficient (Wildman–Crippen LogP) is 3.65. The van der Waals surface area contributed by atoms with Crippen LogP contribution in [-0.4, -0.2) is 23.8 Å². The summed E-state index contributed by atoms with van der Waals surface area (Å²) >= 11 is 9.10. The molecule has 0 saturated heterocycles. The second-order valence-electron chi connectivity index (χ2n) is 4.72. The standard InChI is InChI=1S/C16H14BrClN2O3/c1-10-3-2-4-13(5-10)23-9-15(21)20-19-8-11-6-12(17)7-14(18)16(11)22/h2-8,22H,9H2,1H3,(H,20,21)/b19-8-. The van der Waals surface area contributed by atoms with Crippen molar-refractivity contribution in [3.63, 3.8) is 0 Å². The fourth-order valence-corrected chi connectivity index (χ4v) is 2.58. The Morgan fingerprint density at radius 1 is 1.43 bits per heavy atom. The topological polar surface area (TPSA) is 70.9 Å². The molecule has 0 atom stereocenters. The molecule has 0 fully saturated rings. The number of amides is 1. The zero-order valence-corrected chi connectivity index (χ0v) is 14.6. The van der Waals surface area contributed by atoms with Gasteiger partial charge in [0.25, 0.3) is 5.91 Å². The zero-order chi connectivity index (χ0) is 16.8. The molecule has 0 heterocycles. The normalized spacial score (nSPS) is 10.7. The molecule has 120 valence electrons. The number of phenolic OH excluding ortho intramolecular Hbond substituents is 1. The van der Waals surface area contributed by atoms with Gasteiger partial charge >= 0.3 is 0 Å². The summed E-state index contributed by atoms with van der Waals surface area (Å²) in [7, 11) is 0. The van der Waals surface area contributed by atoms with E-state index in [0.717, 1.165) is 5.56 Å². The SMILES string of the molecule is Cc1cccc(OCC(=O)N/N=C\c2cc(Br)cc(Cl)c2O)c1. The number of hydrazone groups is 1. The van der Waals surface area contributed by atoms with Crippen molar-refractivity contribution >= 4 is 39.7 Å². The van der Waals surface area contributed by atoms with Gasteiger partial charge in [-0.25, -0.2) is 5.43 Å². The van der Waals surface area contributed by atoms with E-state index in [1.165, 1.54) is 6.21 Å². The van der Waals surface area contributed by atoms with Crippen LogP contribution in [0.25, 0.3) is 0 Å². The van der Waals surface area contributed by atoms with E-state index in [1.54, 1.807) is 18.2 Å². The highest BCUT2D eigenvalue weighted by Crippen LogP contribution is 2.30. The van der Waals surface area contributed by atoms with Gasteiger partial charge in [0, 0.05) is 10.0 Å². The Hall–Kier alpha value is -2.05. The lowest BCUT2D eigenvalue weighted by Crippen LogP contribution is -2.24. The molecule has 0 aliphatic carbocycles. The van der Waals surface area contributed by atoms with E-state index in [4.69, 9.17) is 16.3 Å². The summed E-state index contributed by atoms with van der Waals surface area (Å²) in [5.74, 6) is 0.0905. The van der Waals surface area contributed by atoms with Crippen molar-refractivity contribution in [3.05, 3.63) is 57.0 Å². The lowest BCUT2D eigenvalue weighted by atomic mass is 10.2. The summed E-state index contributed by atoms with van der Waals surface area (Å²) < 4.78 is 6.04. The third-order valence-corrected chi connectivity index (χ3v) is 3.56. The number of hydrogen-bond acceptors (Lipinski definition) is 4. The molecule has 2 aromatic carbocycles. The van der Waals surface area contributed by atoms with Crippen LogP contribution in [0.3, 0.4) is 0 Å². The number of aryl methyl sites for hydroxylation is 1. The van der Waals surface area contributed by atoms with E-state index in [1.807, 2.05) is 25.1 Å². The van der Waals surface area contributed by atoms with Crippen molar-refractivity contribution in [3.8, 4) is 11.5 Å². The zero-order valence-electron chi connectivity index (χ0n) is 12.2. The van der Waals surface area contributed by atoms with Crippen LogP contribution in [0.15, 0.2) is 46.0 Å². The first-order valence-corrected chi connectivity index (χ1v) is 7.82. The predicted molar refractivity (Wildman–Crippen MR) is 93.2 cm³/mol. The summed E-state index contributed by atoms with van der Waals surface area (Å²) in [6, 6.07) is 10.6. The first-order valence-electron chi connectivity index (χ1n) is 6.65. The first-order chi connectivity index (χ1) is 11.0. The highest BCUT2D eigenvalue weighted by Gasteiger charge is 2.06. The molecule has 0 spiro atoms. The lowest BCUT2D eigenvalue weighted by molar-refractivity contribution is -0.123. The molecule has 23 heavy (non-hydrogen) atoms. The lowest BCUT2D eigenvalue weighted by Gasteiger charge is -2.06. The van der Waals surface area contributed by atoms with Crippen molar-refractivity contribution in [2.45, 2.75) is 6.92 Å². The quantitative estimate of drug-likeness (QED) is 0.598. The van der Waals surface area contributed by atoms with Gasteiger partial charge in [-0.3, -0.25) is 4.79 Å². The Labute approximate surface area is 147 Å². The van der Waals surface area contributed by atoms with E-state index in [0.29, 0.717) is 15.8 Å². The first kappa shape index (κ1) is 17.3. The van der Waals surface area contributed by atoms with Gasteiger partial charge in [0.15, 0.2) is 6.61 Å². The Morgan fingerprint density at radius 2 is 2.22 bits per heavy atom. The van der Waals surface area contributed by atoms with Crippen LogP contribution < -0.4 is 10.2 Å². The van der Waals surface area contributed by atoms with Crippen LogP contribution in [0.5, 0.6) is 11.5 Å². The van der Waals surface area contributed by atoms with Gasteiger partial charge in [-0.05, 0) is 36.8 Å². The number of ether oxygens (including phenoxy) is 1. The molecule has 0 aliphatic heterocycles. The molecule has 0 unspecified atom stereocenters. The van der Waals surface area contributed by atoms with Crippen LogP contribution in [0, 0.1) is 6.92 Å². The Morgan fingerprint density at radius 3 is 2.96 bits per heavy atom. The van der Waals surface area contributed by atoms with Crippen molar-refractivity contribution in [1.29, 1.82) is 0 Å². The summed E-state index contributed by atoms with van der Waals surface area (Å²) in [6.45, 7) is 1.78. The van der Waals surface area contributed by atoms with Gasteiger partial charge in [0.1, 0.15) is 11.5 Å². The second-order valence-corrected chi connectivity index (χ2v) is 6.05. The number of benzene rings is 2. The summed E-state index contributed by atoms with van der Waals surface area (Å²) in [5, 5.41) is 13.7. The number of phenols is 1. The highest BCUT2D eigenvalue weighted by atomic mass is 79.9. The van der Waals surface area contributed by atoms with Crippen LogP contribution >= 0.6 is 27.5 Å². The monoisotopic (exact) mass is 396 g/mol. The molecule has 5 nitrogen and oxygen atoms in total. The summed E-state index contributed by atoms with van der Waals surface area (Å²) in [5.41, 5.74) is 3.74. The van der Waals surface area contributed by atoms with Crippen LogP contribution in [0.1, 0.15) is 11.1 Å². The molecule has 7 heteroatoms. The van der Waals surface area contributed by atoms with E-state index in [2.05, 4.69) is 26.5 Å². The van der Waals surface area contributed by atoms with Gasteiger partial charge in [0.05, 0.1) is 11.2 Å². The van der Waals surface area contributed by atoms with E-state index in [9.17, 15) is 9.90 Å². The molecule has 0 radical (unpaired) electrons. The largest absolute Gasteiger partial charge is 0.506 e. The third kappa shape index (κ3) is 5.26. The molecule has 0 aromatic heterocycles. The number of nitrogens with zero attached hydrogens (tertiary/aromatic N) is 1. The number of hydrogen-bond donors (Lipinski definition) is 2. The van der Waals surface area contributed by atoms with Gasteiger partial charge in [-0.2, -0.15) is 5.10 Å². The Balaban J connectivity index is 1.89. The molecule has 0 aliphatic rings. The van der Waals surface area contributed by atoms with Crippen molar-refractivity contribution in [1.82, 2.24) is 5.43 Å². The van der Waals surface area contributed by atoms with Crippen LogP contribution in [0.4, 0.5) is 0 Å². The van der Waals surface area contributed by atoms with Crippen molar-refractivity contribution < 1.29 is 14.6 Å². The molecule has 1 amide bonds. The minimum absolute atomic E-state index is 0.108. The molecule has 0 bridgehead atoms. The van der Waals surface area contributed by atoms with Crippen molar-refractivity contribution in [2.75, 3.05) is 6.61 Å². The fraction of sp³-hybridized carbons (Fsp3) is 0.125. The molecule has 0 saturated carbocycles. The summed E-state index contributed by atoms with van der Waals surface area (Å²) in [4.78, 5) is 11.7. The van der Waals surface area contributed by atoms with E-state index >= 15 is 0 Å². The maximum atomic E-state index is 11.7. The van der Waals surface area contributed by atoms with E-state index < -0.39 is 5.91 Å². The Kier molecular flexibility index (Phi) is 6.01. The average Bonchev–Trinajstić information content (AvgIpc) is 2.50. The fourth-order valence-electron chi connectivity index (χ4n) is 1.74. The highest BCUT2D eigenvalue weighted by molar-refractivity contribution is 9.10. The number of aromatic hydroxyl groups is 1. The number of rotatable bonds is 5. The third-order valence-electron chi connectivity index (χ3n) is 2.81.